The molecule has 0 amide bonds. The highest BCUT2D eigenvalue weighted by Gasteiger charge is 1.77. The molecule has 0 heterocycles. The Kier molecular flexibility index (Phi) is 6.92. The lowest BCUT2D eigenvalue weighted by Crippen LogP contribution is -1.70. The molecule has 0 spiro atoms. The molecule has 9 heavy (non-hydrogen) atoms. The van der Waals surface area contributed by atoms with Gasteiger partial charge in [0, 0.05) is 6.42 Å². The third-order valence-corrected chi connectivity index (χ3v) is 1.04. The van der Waals surface area contributed by atoms with E-state index >= 15 is 0 Å². The van der Waals surface area contributed by atoms with Crippen molar-refractivity contribution >= 4 is 6.29 Å². The molecule has 0 saturated carbocycles. The molecule has 0 aromatic carbocycles. The Balaban J connectivity index is 2.94. The van der Waals surface area contributed by atoms with Gasteiger partial charge >= 0.3 is 0 Å². The predicted molar refractivity (Wildman–Crippen MR) is 39.0 cm³/mol. The van der Waals surface area contributed by atoms with Crippen LogP contribution < -0.4 is 0 Å². The molecule has 1 nitrogen and oxygen atoms in total. The summed E-state index contributed by atoms with van der Waals surface area (Å²) in [5.41, 5.74) is 0. The maximum Gasteiger partial charge on any atom is 0.198 e. The van der Waals surface area contributed by atoms with Crippen LogP contribution in [0.5, 0.6) is 0 Å². The van der Waals surface area contributed by atoms with Gasteiger partial charge in [-0.15, -0.1) is 0 Å². The molecular weight excluding hydrogens is 112 g/mol. The van der Waals surface area contributed by atoms with Crippen LogP contribution in [0, 0.1) is 0 Å². The van der Waals surface area contributed by atoms with E-state index in [1.807, 2.05) is 12.4 Å². The molecule has 1 heteroatoms. The smallest absolute Gasteiger partial charge is 0.198 e. The second-order valence-corrected chi connectivity index (χ2v) is 1.94. The summed E-state index contributed by atoms with van der Waals surface area (Å²) in [6, 6.07) is 0. The molecule has 0 aromatic rings. The first-order valence-corrected chi connectivity index (χ1v) is 3.41. The van der Waals surface area contributed by atoms with Crippen LogP contribution in [0.1, 0.15) is 32.6 Å². The number of allylic oxidation sites excluding steroid dienone is 2. The van der Waals surface area contributed by atoms with E-state index < -0.39 is 0 Å². The van der Waals surface area contributed by atoms with Gasteiger partial charge in [-0.05, 0) is 12.8 Å². The lowest BCUT2D eigenvalue weighted by molar-refractivity contribution is 0.551. The molecule has 1 radical (unpaired) electrons. The van der Waals surface area contributed by atoms with Gasteiger partial charge in [0.05, 0.1) is 0 Å². The number of hydrogen-bond donors (Lipinski definition) is 0. The second-order valence-electron chi connectivity index (χ2n) is 1.94. The highest BCUT2D eigenvalue weighted by molar-refractivity contribution is 5.50. The average molecular weight is 125 g/mol. The fourth-order valence-electron chi connectivity index (χ4n) is 0.545. The van der Waals surface area contributed by atoms with E-state index in [9.17, 15) is 4.79 Å². The zero-order valence-electron chi connectivity index (χ0n) is 5.89. The lowest BCUT2D eigenvalue weighted by Gasteiger charge is -1.82. The Morgan fingerprint density at radius 3 is 2.56 bits per heavy atom. The van der Waals surface area contributed by atoms with Crippen molar-refractivity contribution in [3.63, 3.8) is 0 Å². The molecule has 0 rings (SSSR count). The molecular formula is C8H13O. The molecule has 0 bridgehead atoms. The van der Waals surface area contributed by atoms with Crippen molar-refractivity contribution in [2.24, 2.45) is 0 Å². The molecule has 0 fully saturated rings. The van der Waals surface area contributed by atoms with E-state index in [2.05, 4.69) is 13.0 Å². The Morgan fingerprint density at radius 1 is 1.33 bits per heavy atom. The quantitative estimate of drug-likeness (QED) is 0.407. The Morgan fingerprint density at radius 2 is 2.00 bits per heavy atom. The summed E-state index contributed by atoms with van der Waals surface area (Å²) >= 11 is 0. The molecule has 0 aliphatic carbocycles. The predicted octanol–water partition coefficient (Wildman–Crippen LogP) is 2.23. The van der Waals surface area contributed by atoms with Crippen LogP contribution >= 0.6 is 0 Å². The van der Waals surface area contributed by atoms with Gasteiger partial charge in [0.1, 0.15) is 0 Å². The Bertz CT molecular complexity index is 84.6. The lowest BCUT2D eigenvalue weighted by atomic mass is 10.2. The van der Waals surface area contributed by atoms with E-state index in [0.717, 1.165) is 12.8 Å². The van der Waals surface area contributed by atoms with E-state index in [0.29, 0.717) is 6.42 Å². The first-order chi connectivity index (χ1) is 4.41. The molecule has 0 N–H and O–H groups in total. The zero-order chi connectivity index (χ0) is 6.95. The fraction of sp³-hybridized carbons (Fsp3) is 0.625. The van der Waals surface area contributed by atoms with Gasteiger partial charge in [0.2, 0.25) is 0 Å². The number of hydrogen-bond acceptors (Lipinski definition) is 1. The average Bonchev–Trinajstić information content (AvgIpc) is 1.89. The third-order valence-electron chi connectivity index (χ3n) is 1.04. The third kappa shape index (κ3) is 7.41. The van der Waals surface area contributed by atoms with Crippen molar-refractivity contribution in [3.8, 4) is 0 Å². The highest BCUT2D eigenvalue weighted by Crippen LogP contribution is 1.92. The Hall–Kier alpha value is -0.590. The molecule has 0 saturated heterocycles. The first kappa shape index (κ1) is 8.41. The minimum absolute atomic E-state index is 0.542. The normalized spacial score (nSPS) is 10.3. The van der Waals surface area contributed by atoms with E-state index in [1.54, 1.807) is 0 Å². The van der Waals surface area contributed by atoms with Gasteiger partial charge in [-0.3, -0.25) is 4.79 Å². The Labute approximate surface area is 56.8 Å². The van der Waals surface area contributed by atoms with Crippen LogP contribution in [0.15, 0.2) is 12.2 Å². The molecule has 0 atom stereocenters. The van der Waals surface area contributed by atoms with Crippen LogP contribution in [0.4, 0.5) is 0 Å². The van der Waals surface area contributed by atoms with Crippen molar-refractivity contribution in [2.45, 2.75) is 32.6 Å². The van der Waals surface area contributed by atoms with Crippen molar-refractivity contribution in [3.05, 3.63) is 12.2 Å². The topological polar surface area (TPSA) is 17.1 Å². The van der Waals surface area contributed by atoms with Gasteiger partial charge < -0.3 is 0 Å². The number of rotatable bonds is 5. The summed E-state index contributed by atoms with van der Waals surface area (Å²) in [6.07, 6.45) is 9.69. The summed E-state index contributed by atoms with van der Waals surface area (Å²) in [5.74, 6) is 0. The summed E-state index contributed by atoms with van der Waals surface area (Å²) in [5, 5.41) is 0. The zero-order valence-corrected chi connectivity index (χ0v) is 5.89. The first-order valence-electron chi connectivity index (χ1n) is 3.41. The van der Waals surface area contributed by atoms with Crippen LogP contribution in [0.3, 0.4) is 0 Å². The maximum atomic E-state index is 9.68. The van der Waals surface area contributed by atoms with Gasteiger partial charge in [-0.25, -0.2) is 0 Å². The second kappa shape index (κ2) is 7.41. The molecule has 0 aliphatic rings. The maximum absolute atomic E-state index is 9.68. The van der Waals surface area contributed by atoms with Crippen LogP contribution in [0.2, 0.25) is 0 Å². The molecule has 0 aromatic heterocycles. The minimum Gasteiger partial charge on any atom is -0.291 e. The van der Waals surface area contributed by atoms with Crippen molar-refractivity contribution in [2.75, 3.05) is 0 Å². The van der Waals surface area contributed by atoms with Crippen molar-refractivity contribution in [1.29, 1.82) is 0 Å². The van der Waals surface area contributed by atoms with Gasteiger partial charge in [0.25, 0.3) is 0 Å². The van der Waals surface area contributed by atoms with E-state index in [4.69, 9.17) is 0 Å². The minimum atomic E-state index is 0.542. The number of unbranched alkanes of at least 4 members (excludes halogenated alkanes) is 2. The standard InChI is InChI=1S/C8H13O/c1-2-3-4-5-6-7-8-9/h4-5H,2-3,6-7H2,1H3. The SMILES string of the molecule is CCCC=CCC[C]=O. The highest BCUT2D eigenvalue weighted by atomic mass is 16.1. The van der Waals surface area contributed by atoms with Gasteiger partial charge in [0.15, 0.2) is 6.29 Å². The number of carbonyl (C=O) groups excluding carboxylic acids is 1. The van der Waals surface area contributed by atoms with Crippen LogP contribution in [-0.4, -0.2) is 6.29 Å². The molecule has 0 aliphatic heterocycles. The summed E-state index contributed by atoms with van der Waals surface area (Å²) in [7, 11) is 0. The summed E-state index contributed by atoms with van der Waals surface area (Å²) in [6.45, 7) is 2.14. The van der Waals surface area contributed by atoms with E-state index in [-0.39, 0.29) is 0 Å². The van der Waals surface area contributed by atoms with Gasteiger partial charge in [-0.2, -0.15) is 0 Å². The fourth-order valence-corrected chi connectivity index (χ4v) is 0.545. The van der Waals surface area contributed by atoms with E-state index in [1.165, 1.54) is 6.42 Å². The molecule has 0 unspecified atom stereocenters. The van der Waals surface area contributed by atoms with Crippen LogP contribution in [0.25, 0.3) is 0 Å². The van der Waals surface area contributed by atoms with Crippen molar-refractivity contribution in [1.82, 2.24) is 0 Å². The van der Waals surface area contributed by atoms with Crippen molar-refractivity contribution < 1.29 is 4.79 Å². The summed E-state index contributed by atoms with van der Waals surface area (Å²) < 4.78 is 0. The molecule has 51 valence electrons. The van der Waals surface area contributed by atoms with Crippen LogP contribution in [-0.2, 0) is 4.79 Å². The van der Waals surface area contributed by atoms with Gasteiger partial charge in [-0.1, -0.05) is 25.5 Å². The largest absolute Gasteiger partial charge is 0.291 e. The monoisotopic (exact) mass is 125 g/mol. The summed E-state index contributed by atoms with van der Waals surface area (Å²) in [4.78, 5) is 9.68.